The Hall–Kier alpha value is -3.32. The van der Waals surface area contributed by atoms with E-state index in [-0.39, 0.29) is 17.2 Å². The van der Waals surface area contributed by atoms with E-state index in [0.29, 0.717) is 10.7 Å². The molecule has 0 fully saturated rings. The number of hydrazine groups is 1. The highest BCUT2D eigenvalue weighted by atomic mass is 35.5. The second-order valence-electron chi connectivity index (χ2n) is 5.55. The lowest BCUT2D eigenvalue weighted by Crippen LogP contribution is -2.42. The number of para-hydroxylation sites is 1. The minimum Gasteiger partial charge on any atom is -0.350 e. The zero-order valence-electron chi connectivity index (χ0n) is 13.7. The fourth-order valence-electron chi connectivity index (χ4n) is 2.45. The lowest BCUT2D eigenvalue weighted by molar-refractivity contribution is -0.114. The SMILES string of the molecule is CC(=O)Nc1ccccc1C(=O)NNC(=O)c1cc2cc(Cl)ccc2[nH]1. The Morgan fingerprint density at radius 1 is 0.962 bits per heavy atom. The average molecular weight is 371 g/mol. The van der Waals surface area contributed by atoms with Crippen molar-refractivity contribution in [1.82, 2.24) is 15.8 Å². The van der Waals surface area contributed by atoms with Crippen LogP contribution >= 0.6 is 11.6 Å². The van der Waals surface area contributed by atoms with E-state index in [1.807, 2.05) is 0 Å². The molecule has 0 saturated carbocycles. The number of anilines is 1. The van der Waals surface area contributed by atoms with Crippen molar-refractivity contribution >= 4 is 45.9 Å². The number of carbonyl (C=O) groups is 3. The largest absolute Gasteiger partial charge is 0.350 e. The molecule has 0 unspecified atom stereocenters. The molecule has 0 aliphatic heterocycles. The molecule has 132 valence electrons. The van der Waals surface area contributed by atoms with E-state index in [1.165, 1.54) is 13.0 Å². The fraction of sp³-hybridized carbons (Fsp3) is 0.0556. The Bertz CT molecular complexity index is 1010. The van der Waals surface area contributed by atoms with Gasteiger partial charge in [-0.2, -0.15) is 0 Å². The molecule has 0 bridgehead atoms. The molecule has 1 aromatic heterocycles. The summed E-state index contributed by atoms with van der Waals surface area (Å²) < 4.78 is 0. The van der Waals surface area contributed by atoms with Crippen molar-refractivity contribution in [3.05, 3.63) is 64.8 Å². The van der Waals surface area contributed by atoms with Crippen molar-refractivity contribution in [2.75, 3.05) is 5.32 Å². The highest BCUT2D eigenvalue weighted by molar-refractivity contribution is 6.31. The van der Waals surface area contributed by atoms with Gasteiger partial charge in [0.05, 0.1) is 11.3 Å². The first-order chi connectivity index (χ1) is 12.4. The Balaban J connectivity index is 1.71. The summed E-state index contributed by atoms with van der Waals surface area (Å²) in [6.07, 6.45) is 0. The molecule has 1 heterocycles. The molecule has 0 saturated heterocycles. The van der Waals surface area contributed by atoms with Crippen LogP contribution in [0.4, 0.5) is 5.69 Å². The average Bonchev–Trinajstić information content (AvgIpc) is 3.02. The van der Waals surface area contributed by atoms with Crippen LogP contribution in [0, 0.1) is 0 Å². The fourth-order valence-corrected chi connectivity index (χ4v) is 2.63. The van der Waals surface area contributed by atoms with Crippen LogP contribution in [0.2, 0.25) is 5.02 Å². The maximum atomic E-state index is 12.3. The summed E-state index contributed by atoms with van der Waals surface area (Å²) in [5.41, 5.74) is 6.28. The number of amides is 3. The van der Waals surface area contributed by atoms with Crippen LogP contribution in [0.3, 0.4) is 0 Å². The second kappa shape index (κ2) is 7.28. The van der Waals surface area contributed by atoms with Crippen molar-refractivity contribution in [2.24, 2.45) is 0 Å². The highest BCUT2D eigenvalue weighted by Gasteiger charge is 2.14. The molecule has 0 aliphatic rings. The zero-order chi connectivity index (χ0) is 18.7. The summed E-state index contributed by atoms with van der Waals surface area (Å²) in [5, 5.41) is 3.91. The minimum atomic E-state index is -0.554. The van der Waals surface area contributed by atoms with Gasteiger partial charge in [0, 0.05) is 22.8 Å². The summed E-state index contributed by atoms with van der Waals surface area (Å²) in [4.78, 5) is 38.7. The maximum absolute atomic E-state index is 12.3. The molecule has 0 spiro atoms. The number of benzene rings is 2. The van der Waals surface area contributed by atoms with Crippen LogP contribution in [-0.4, -0.2) is 22.7 Å². The molecular formula is C18H15ClN4O3. The summed E-state index contributed by atoms with van der Waals surface area (Å²) in [5.74, 6) is -1.37. The van der Waals surface area contributed by atoms with Gasteiger partial charge in [-0.05, 0) is 36.4 Å². The monoisotopic (exact) mass is 370 g/mol. The third-order valence-corrected chi connectivity index (χ3v) is 3.83. The molecule has 26 heavy (non-hydrogen) atoms. The van der Waals surface area contributed by atoms with Crippen molar-refractivity contribution < 1.29 is 14.4 Å². The van der Waals surface area contributed by atoms with Gasteiger partial charge in [0.2, 0.25) is 5.91 Å². The minimum absolute atomic E-state index is 0.228. The molecule has 4 N–H and O–H groups in total. The van der Waals surface area contributed by atoms with Gasteiger partial charge in [0.25, 0.3) is 11.8 Å². The standard InChI is InChI=1S/C18H15ClN4O3/c1-10(24)20-15-5-3-2-4-13(15)17(25)22-23-18(26)16-9-11-8-12(19)6-7-14(11)21-16/h2-9,21H,1H3,(H,20,24)(H,22,25)(H,23,26). The molecule has 3 rings (SSSR count). The van der Waals surface area contributed by atoms with E-state index in [2.05, 4.69) is 21.2 Å². The van der Waals surface area contributed by atoms with E-state index in [9.17, 15) is 14.4 Å². The van der Waals surface area contributed by atoms with Crippen LogP contribution in [0.15, 0.2) is 48.5 Å². The summed E-state index contributed by atoms with van der Waals surface area (Å²) >= 11 is 5.93. The molecule has 0 atom stereocenters. The van der Waals surface area contributed by atoms with Crippen LogP contribution in [0.5, 0.6) is 0 Å². The lowest BCUT2D eigenvalue weighted by Gasteiger charge is -2.10. The smallest absolute Gasteiger partial charge is 0.286 e. The molecule has 8 heteroatoms. The second-order valence-corrected chi connectivity index (χ2v) is 5.99. The van der Waals surface area contributed by atoms with Gasteiger partial charge in [-0.25, -0.2) is 0 Å². The number of fused-ring (bicyclic) bond motifs is 1. The normalized spacial score (nSPS) is 10.4. The Morgan fingerprint density at radius 3 is 2.46 bits per heavy atom. The van der Waals surface area contributed by atoms with E-state index in [0.717, 1.165) is 10.9 Å². The van der Waals surface area contributed by atoms with Gasteiger partial charge in [-0.3, -0.25) is 25.2 Å². The highest BCUT2D eigenvalue weighted by Crippen LogP contribution is 2.20. The summed E-state index contributed by atoms with van der Waals surface area (Å²) in [6.45, 7) is 1.35. The van der Waals surface area contributed by atoms with Crippen molar-refractivity contribution in [1.29, 1.82) is 0 Å². The Labute approximate surface area is 153 Å². The third-order valence-electron chi connectivity index (χ3n) is 3.60. The molecule has 0 radical (unpaired) electrons. The number of aromatic nitrogens is 1. The predicted octanol–water partition coefficient (Wildman–Crippen LogP) is 2.85. The molecule has 3 aromatic rings. The topological polar surface area (TPSA) is 103 Å². The van der Waals surface area contributed by atoms with Gasteiger partial charge in [0.1, 0.15) is 5.69 Å². The van der Waals surface area contributed by atoms with Crippen LogP contribution < -0.4 is 16.2 Å². The zero-order valence-corrected chi connectivity index (χ0v) is 14.5. The van der Waals surface area contributed by atoms with E-state index in [1.54, 1.807) is 42.5 Å². The number of H-pyrrole nitrogens is 1. The Kier molecular flexibility index (Phi) is 4.90. The number of hydrogen-bond donors (Lipinski definition) is 4. The van der Waals surface area contributed by atoms with Gasteiger partial charge in [-0.1, -0.05) is 23.7 Å². The van der Waals surface area contributed by atoms with Gasteiger partial charge in [0.15, 0.2) is 0 Å². The van der Waals surface area contributed by atoms with Crippen molar-refractivity contribution in [3.63, 3.8) is 0 Å². The van der Waals surface area contributed by atoms with E-state index >= 15 is 0 Å². The third kappa shape index (κ3) is 3.84. The number of aromatic amines is 1. The van der Waals surface area contributed by atoms with Crippen LogP contribution in [-0.2, 0) is 4.79 Å². The van der Waals surface area contributed by atoms with Gasteiger partial charge >= 0.3 is 0 Å². The van der Waals surface area contributed by atoms with Crippen molar-refractivity contribution in [3.8, 4) is 0 Å². The molecule has 3 amide bonds. The van der Waals surface area contributed by atoms with Gasteiger partial charge < -0.3 is 10.3 Å². The number of hydrogen-bond acceptors (Lipinski definition) is 3. The van der Waals surface area contributed by atoms with Crippen LogP contribution in [0.1, 0.15) is 27.8 Å². The molecule has 2 aromatic carbocycles. The number of carbonyl (C=O) groups excluding carboxylic acids is 3. The first-order valence-corrected chi connectivity index (χ1v) is 8.07. The number of halogens is 1. The number of rotatable bonds is 3. The van der Waals surface area contributed by atoms with E-state index in [4.69, 9.17) is 11.6 Å². The molecule has 0 aliphatic carbocycles. The molecular weight excluding hydrogens is 356 g/mol. The quantitative estimate of drug-likeness (QED) is 0.533. The van der Waals surface area contributed by atoms with E-state index < -0.39 is 11.8 Å². The maximum Gasteiger partial charge on any atom is 0.286 e. The Morgan fingerprint density at radius 2 is 1.69 bits per heavy atom. The first-order valence-electron chi connectivity index (χ1n) is 7.69. The summed E-state index contributed by atoms with van der Waals surface area (Å²) in [6, 6.07) is 13.3. The number of nitrogens with one attached hydrogen (secondary N) is 4. The van der Waals surface area contributed by atoms with Crippen molar-refractivity contribution in [2.45, 2.75) is 6.92 Å². The summed E-state index contributed by atoms with van der Waals surface area (Å²) in [7, 11) is 0. The van der Waals surface area contributed by atoms with Crippen LogP contribution in [0.25, 0.3) is 10.9 Å². The van der Waals surface area contributed by atoms with Gasteiger partial charge in [-0.15, -0.1) is 0 Å². The molecule has 7 nitrogen and oxygen atoms in total. The lowest BCUT2D eigenvalue weighted by atomic mass is 10.1. The predicted molar refractivity (Wildman–Crippen MR) is 99.0 cm³/mol. The first kappa shape index (κ1) is 17.5.